The molecule has 1 aromatic rings. The maximum Gasteiger partial charge on any atom is 0.307 e. The zero-order chi connectivity index (χ0) is 11.6. The molecule has 0 spiro atoms. The van der Waals surface area contributed by atoms with Crippen molar-refractivity contribution < 1.29 is 23.8 Å². The SMILES string of the molecule is Cc1cnc(C(F)F)c(O)c1CC(=O)O. The van der Waals surface area contributed by atoms with Crippen LogP contribution in [0.1, 0.15) is 23.2 Å². The smallest absolute Gasteiger partial charge is 0.307 e. The molecule has 0 unspecified atom stereocenters. The Hall–Kier alpha value is -1.72. The molecule has 4 nitrogen and oxygen atoms in total. The van der Waals surface area contributed by atoms with Crippen molar-refractivity contribution in [3.05, 3.63) is 23.0 Å². The molecule has 6 heteroatoms. The van der Waals surface area contributed by atoms with E-state index in [-0.39, 0.29) is 5.56 Å². The minimum Gasteiger partial charge on any atom is -0.505 e. The highest BCUT2D eigenvalue weighted by atomic mass is 19.3. The molecule has 0 saturated carbocycles. The first kappa shape index (κ1) is 11.4. The molecule has 15 heavy (non-hydrogen) atoms. The highest BCUT2D eigenvalue weighted by molar-refractivity contribution is 5.72. The lowest BCUT2D eigenvalue weighted by atomic mass is 10.1. The molecule has 0 fully saturated rings. The Morgan fingerprint density at radius 2 is 2.20 bits per heavy atom. The summed E-state index contributed by atoms with van der Waals surface area (Å²) in [5, 5.41) is 17.9. The van der Waals surface area contributed by atoms with E-state index in [1.54, 1.807) is 0 Å². The number of carbonyl (C=O) groups is 1. The summed E-state index contributed by atoms with van der Waals surface area (Å²) in [6, 6.07) is 0. The minimum atomic E-state index is -2.92. The van der Waals surface area contributed by atoms with Crippen LogP contribution in [0.2, 0.25) is 0 Å². The summed E-state index contributed by atoms with van der Waals surface area (Å²) in [4.78, 5) is 13.8. The van der Waals surface area contributed by atoms with E-state index in [1.807, 2.05) is 0 Å². The number of carboxylic acids is 1. The summed E-state index contributed by atoms with van der Waals surface area (Å²) in [5.74, 6) is -1.92. The van der Waals surface area contributed by atoms with Crippen molar-refractivity contribution in [1.82, 2.24) is 4.98 Å². The first-order chi connectivity index (χ1) is 6.93. The summed E-state index contributed by atoms with van der Waals surface area (Å²) >= 11 is 0. The van der Waals surface area contributed by atoms with Crippen LogP contribution in [0.25, 0.3) is 0 Å². The number of aryl methyl sites for hydroxylation is 1. The lowest BCUT2D eigenvalue weighted by Crippen LogP contribution is -2.05. The van der Waals surface area contributed by atoms with Gasteiger partial charge in [0.05, 0.1) is 6.42 Å². The van der Waals surface area contributed by atoms with Gasteiger partial charge in [-0.25, -0.2) is 8.78 Å². The van der Waals surface area contributed by atoms with Crippen molar-refractivity contribution in [2.24, 2.45) is 0 Å². The summed E-state index contributed by atoms with van der Waals surface area (Å²) in [6.07, 6.45) is -2.29. The third kappa shape index (κ3) is 2.39. The Balaban J connectivity index is 3.23. The predicted octanol–water partition coefficient (Wildman–Crippen LogP) is 1.66. The van der Waals surface area contributed by atoms with Gasteiger partial charge in [0.1, 0.15) is 11.4 Å². The van der Waals surface area contributed by atoms with Gasteiger partial charge in [0.25, 0.3) is 6.43 Å². The van der Waals surface area contributed by atoms with Crippen LogP contribution in [0.15, 0.2) is 6.20 Å². The van der Waals surface area contributed by atoms with Crippen LogP contribution in [-0.4, -0.2) is 21.2 Å². The van der Waals surface area contributed by atoms with Crippen LogP contribution >= 0.6 is 0 Å². The Labute approximate surface area is 84.2 Å². The van der Waals surface area contributed by atoms with E-state index in [4.69, 9.17) is 5.11 Å². The van der Waals surface area contributed by atoms with Gasteiger partial charge < -0.3 is 10.2 Å². The normalized spacial score (nSPS) is 10.7. The molecule has 0 saturated heterocycles. The molecule has 1 aromatic heterocycles. The van der Waals surface area contributed by atoms with Crippen molar-refractivity contribution in [3.8, 4) is 5.75 Å². The number of hydrogen-bond acceptors (Lipinski definition) is 3. The molecule has 0 bridgehead atoms. The topological polar surface area (TPSA) is 70.4 Å². The quantitative estimate of drug-likeness (QED) is 0.807. The molecule has 0 aliphatic carbocycles. The summed E-state index contributed by atoms with van der Waals surface area (Å²) in [5.41, 5.74) is -0.427. The van der Waals surface area contributed by atoms with Crippen LogP contribution in [0.3, 0.4) is 0 Å². The fraction of sp³-hybridized carbons (Fsp3) is 0.333. The highest BCUT2D eigenvalue weighted by Gasteiger charge is 2.20. The van der Waals surface area contributed by atoms with Crippen molar-refractivity contribution in [2.45, 2.75) is 19.8 Å². The number of aliphatic carboxylic acids is 1. The second-order valence-corrected chi connectivity index (χ2v) is 3.02. The van der Waals surface area contributed by atoms with Crippen LogP contribution in [-0.2, 0) is 11.2 Å². The van der Waals surface area contributed by atoms with Gasteiger partial charge in [-0.1, -0.05) is 0 Å². The number of pyridine rings is 1. The molecule has 0 aliphatic rings. The van der Waals surface area contributed by atoms with Crippen LogP contribution in [0.5, 0.6) is 5.75 Å². The van der Waals surface area contributed by atoms with Gasteiger partial charge in [-0.3, -0.25) is 9.78 Å². The Bertz CT molecular complexity index is 393. The van der Waals surface area contributed by atoms with Crippen LogP contribution < -0.4 is 0 Å². The fourth-order valence-corrected chi connectivity index (χ4v) is 1.18. The highest BCUT2D eigenvalue weighted by Crippen LogP contribution is 2.31. The number of alkyl halides is 2. The number of halogens is 2. The average Bonchev–Trinajstić information content (AvgIpc) is 2.11. The molecular weight excluding hydrogens is 208 g/mol. The number of nitrogens with zero attached hydrogens (tertiary/aromatic N) is 1. The van der Waals surface area contributed by atoms with Gasteiger partial charge >= 0.3 is 5.97 Å². The van der Waals surface area contributed by atoms with E-state index < -0.39 is 30.3 Å². The fourth-order valence-electron chi connectivity index (χ4n) is 1.18. The molecule has 0 radical (unpaired) electrons. The lowest BCUT2D eigenvalue weighted by Gasteiger charge is -2.09. The zero-order valence-electron chi connectivity index (χ0n) is 7.87. The second kappa shape index (κ2) is 4.20. The maximum atomic E-state index is 12.3. The third-order valence-corrected chi connectivity index (χ3v) is 1.94. The predicted molar refractivity (Wildman–Crippen MR) is 46.9 cm³/mol. The monoisotopic (exact) mass is 217 g/mol. The van der Waals surface area contributed by atoms with Gasteiger partial charge in [0.2, 0.25) is 0 Å². The molecule has 0 aromatic carbocycles. The van der Waals surface area contributed by atoms with Crippen molar-refractivity contribution in [2.75, 3.05) is 0 Å². The molecule has 1 rings (SSSR count). The summed E-state index contributed by atoms with van der Waals surface area (Å²) < 4.78 is 24.6. The van der Waals surface area contributed by atoms with E-state index in [0.717, 1.165) is 6.20 Å². The van der Waals surface area contributed by atoms with E-state index in [0.29, 0.717) is 5.56 Å². The summed E-state index contributed by atoms with van der Waals surface area (Å²) in [6.45, 7) is 1.50. The van der Waals surface area contributed by atoms with Gasteiger partial charge in [-0.2, -0.15) is 0 Å². The largest absolute Gasteiger partial charge is 0.505 e. The first-order valence-corrected chi connectivity index (χ1v) is 4.10. The number of aromatic nitrogens is 1. The number of aromatic hydroxyl groups is 1. The van der Waals surface area contributed by atoms with Gasteiger partial charge in [0, 0.05) is 11.8 Å². The van der Waals surface area contributed by atoms with Gasteiger partial charge in [0.15, 0.2) is 0 Å². The van der Waals surface area contributed by atoms with Crippen molar-refractivity contribution >= 4 is 5.97 Å². The molecule has 1 heterocycles. The van der Waals surface area contributed by atoms with E-state index in [2.05, 4.69) is 4.98 Å². The molecular formula is C9H9F2NO3. The molecule has 82 valence electrons. The maximum absolute atomic E-state index is 12.3. The molecule has 0 aliphatic heterocycles. The van der Waals surface area contributed by atoms with E-state index in [1.165, 1.54) is 6.92 Å². The van der Waals surface area contributed by atoms with Crippen molar-refractivity contribution in [3.63, 3.8) is 0 Å². The van der Waals surface area contributed by atoms with E-state index >= 15 is 0 Å². The third-order valence-electron chi connectivity index (χ3n) is 1.94. The number of hydrogen-bond donors (Lipinski definition) is 2. The Morgan fingerprint density at radius 1 is 1.60 bits per heavy atom. The van der Waals surface area contributed by atoms with Gasteiger partial charge in [-0.15, -0.1) is 0 Å². The standard InChI is InChI=1S/C9H9F2NO3/c1-4-3-12-7(9(10)11)8(15)5(4)2-6(13)14/h3,9,15H,2H2,1H3,(H,13,14). The van der Waals surface area contributed by atoms with Crippen molar-refractivity contribution in [1.29, 1.82) is 0 Å². The molecule has 0 amide bonds. The Morgan fingerprint density at radius 3 is 2.67 bits per heavy atom. The number of carboxylic acid groups (broad SMARTS) is 1. The second-order valence-electron chi connectivity index (χ2n) is 3.02. The molecule has 0 atom stereocenters. The van der Waals surface area contributed by atoms with Crippen LogP contribution in [0, 0.1) is 6.92 Å². The van der Waals surface area contributed by atoms with E-state index in [9.17, 15) is 18.7 Å². The first-order valence-electron chi connectivity index (χ1n) is 4.10. The minimum absolute atomic E-state index is 0.0206. The zero-order valence-corrected chi connectivity index (χ0v) is 7.87. The lowest BCUT2D eigenvalue weighted by molar-refractivity contribution is -0.136. The molecule has 2 N–H and O–H groups in total. The van der Waals surface area contributed by atoms with Gasteiger partial charge in [-0.05, 0) is 12.5 Å². The Kier molecular flexibility index (Phi) is 3.18. The number of rotatable bonds is 3. The average molecular weight is 217 g/mol. The summed E-state index contributed by atoms with van der Waals surface area (Å²) in [7, 11) is 0. The van der Waals surface area contributed by atoms with Crippen LogP contribution in [0.4, 0.5) is 8.78 Å².